The Morgan fingerprint density at radius 3 is 2.64 bits per heavy atom. The molecule has 1 aliphatic carbocycles. The van der Waals surface area contributed by atoms with Gasteiger partial charge in [-0.1, -0.05) is 12.8 Å². The Balaban J connectivity index is 1.91. The summed E-state index contributed by atoms with van der Waals surface area (Å²) >= 11 is 0. The highest BCUT2D eigenvalue weighted by Crippen LogP contribution is 2.33. The van der Waals surface area contributed by atoms with Crippen molar-refractivity contribution in [2.24, 2.45) is 11.8 Å². The van der Waals surface area contributed by atoms with Crippen LogP contribution in [0.5, 0.6) is 0 Å². The zero-order chi connectivity index (χ0) is 9.80. The fraction of sp³-hybridized carbons (Fsp3) is 1.00. The summed E-state index contributed by atoms with van der Waals surface area (Å²) in [4.78, 5) is 0. The van der Waals surface area contributed by atoms with Gasteiger partial charge in [-0.15, -0.1) is 0 Å². The summed E-state index contributed by atoms with van der Waals surface area (Å²) in [7, 11) is 1.83. The van der Waals surface area contributed by atoms with E-state index in [4.69, 9.17) is 4.74 Å². The van der Waals surface area contributed by atoms with E-state index < -0.39 is 0 Å². The van der Waals surface area contributed by atoms with Crippen molar-refractivity contribution >= 4 is 0 Å². The number of hydrogen-bond donors (Lipinski definition) is 1. The van der Waals surface area contributed by atoms with Gasteiger partial charge in [0.15, 0.2) is 0 Å². The first-order chi connectivity index (χ1) is 6.92. The van der Waals surface area contributed by atoms with Crippen molar-refractivity contribution < 1.29 is 4.74 Å². The largest absolute Gasteiger partial charge is 0.384 e. The van der Waals surface area contributed by atoms with E-state index in [2.05, 4.69) is 5.32 Å². The van der Waals surface area contributed by atoms with Gasteiger partial charge in [0.25, 0.3) is 0 Å². The summed E-state index contributed by atoms with van der Waals surface area (Å²) in [6, 6.07) is 0.756. The maximum Gasteiger partial charge on any atom is 0.0505 e. The Labute approximate surface area is 87.4 Å². The molecule has 82 valence electrons. The normalized spacial score (nSPS) is 34.9. The molecule has 2 unspecified atom stereocenters. The summed E-state index contributed by atoms with van der Waals surface area (Å²) in [5, 5.41) is 3.72. The molecule has 2 nitrogen and oxygen atoms in total. The quantitative estimate of drug-likeness (QED) is 0.749. The highest BCUT2D eigenvalue weighted by molar-refractivity contribution is 4.88. The van der Waals surface area contributed by atoms with Crippen molar-refractivity contribution in [2.45, 2.75) is 44.6 Å². The summed E-state index contributed by atoms with van der Waals surface area (Å²) in [5.41, 5.74) is 0. The molecular weight excluding hydrogens is 174 g/mol. The van der Waals surface area contributed by atoms with Gasteiger partial charge in [0.05, 0.1) is 6.61 Å². The van der Waals surface area contributed by atoms with Gasteiger partial charge < -0.3 is 10.1 Å². The Morgan fingerprint density at radius 2 is 1.93 bits per heavy atom. The molecule has 2 atom stereocenters. The van der Waals surface area contributed by atoms with Gasteiger partial charge in [-0.05, 0) is 44.1 Å². The average molecular weight is 197 g/mol. The van der Waals surface area contributed by atoms with Crippen molar-refractivity contribution in [3.63, 3.8) is 0 Å². The van der Waals surface area contributed by atoms with Gasteiger partial charge in [-0.25, -0.2) is 0 Å². The van der Waals surface area contributed by atoms with E-state index in [9.17, 15) is 0 Å². The van der Waals surface area contributed by atoms with E-state index in [-0.39, 0.29) is 0 Å². The number of piperidine rings is 1. The predicted octanol–water partition coefficient (Wildman–Crippen LogP) is 2.19. The minimum Gasteiger partial charge on any atom is -0.384 e. The molecule has 0 aromatic rings. The van der Waals surface area contributed by atoms with E-state index >= 15 is 0 Å². The number of rotatable bonds is 3. The summed E-state index contributed by atoms with van der Waals surface area (Å²) < 4.78 is 5.33. The summed E-state index contributed by atoms with van der Waals surface area (Å²) in [5.74, 6) is 1.72. The minimum absolute atomic E-state index is 0.756. The third-order valence-corrected chi connectivity index (χ3v) is 3.93. The molecule has 1 saturated carbocycles. The van der Waals surface area contributed by atoms with E-state index in [1.54, 1.807) is 0 Å². The molecule has 2 fully saturated rings. The maximum absolute atomic E-state index is 5.33. The predicted molar refractivity (Wildman–Crippen MR) is 58.3 cm³/mol. The van der Waals surface area contributed by atoms with Gasteiger partial charge in [0.1, 0.15) is 0 Å². The molecule has 2 aliphatic rings. The second kappa shape index (κ2) is 5.13. The van der Waals surface area contributed by atoms with Crippen LogP contribution in [-0.2, 0) is 4.74 Å². The molecule has 2 heteroatoms. The highest BCUT2D eigenvalue weighted by atomic mass is 16.5. The number of methoxy groups -OCH3 is 1. The molecule has 1 heterocycles. The zero-order valence-corrected chi connectivity index (χ0v) is 9.30. The molecule has 2 rings (SSSR count). The van der Waals surface area contributed by atoms with Crippen molar-refractivity contribution in [3.8, 4) is 0 Å². The lowest BCUT2D eigenvalue weighted by atomic mass is 9.82. The molecule has 0 aromatic heterocycles. The van der Waals surface area contributed by atoms with Crippen LogP contribution in [0.2, 0.25) is 0 Å². The van der Waals surface area contributed by atoms with E-state index in [1.165, 1.54) is 45.1 Å². The van der Waals surface area contributed by atoms with Crippen molar-refractivity contribution in [1.29, 1.82) is 0 Å². The van der Waals surface area contributed by atoms with Gasteiger partial charge in [-0.3, -0.25) is 0 Å². The lowest BCUT2D eigenvalue weighted by Crippen LogP contribution is -2.47. The van der Waals surface area contributed by atoms with Gasteiger partial charge in [0, 0.05) is 13.2 Å². The molecule has 0 aromatic carbocycles. The number of hydrogen-bond acceptors (Lipinski definition) is 2. The number of ether oxygens (including phenoxy) is 1. The Hall–Kier alpha value is -0.0800. The minimum atomic E-state index is 0.756. The van der Waals surface area contributed by atoms with E-state index in [0.717, 1.165) is 24.5 Å². The smallest absolute Gasteiger partial charge is 0.0505 e. The average Bonchev–Trinajstić information content (AvgIpc) is 2.72. The van der Waals surface area contributed by atoms with Crippen LogP contribution in [0.4, 0.5) is 0 Å². The van der Waals surface area contributed by atoms with Crippen LogP contribution in [0.1, 0.15) is 38.5 Å². The molecular formula is C12H23NO. The monoisotopic (exact) mass is 197 g/mol. The lowest BCUT2D eigenvalue weighted by Gasteiger charge is -2.36. The third-order valence-electron chi connectivity index (χ3n) is 3.93. The Kier molecular flexibility index (Phi) is 3.82. The van der Waals surface area contributed by atoms with Gasteiger partial charge >= 0.3 is 0 Å². The second-order valence-electron chi connectivity index (χ2n) is 4.88. The van der Waals surface area contributed by atoms with Crippen LogP contribution < -0.4 is 5.32 Å². The molecule has 0 spiro atoms. The molecule has 0 amide bonds. The molecule has 1 aliphatic heterocycles. The van der Waals surface area contributed by atoms with Gasteiger partial charge in [0.2, 0.25) is 0 Å². The van der Waals surface area contributed by atoms with Crippen LogP contribution in [0.3, 0.4) is 0 Å². The van der Waals surface area contributed by atoms with E-state index in [0.29, 0.717) is 0 Å². The van der Waals surface area contributed by atoms with Crippen LogP contribution in [0, 0.1) is 11.8 Å². The molecule has 0 bridgehead atoms. The molecule has 1 saturated heterocycles. The first-order valence-corrected chi connectivity index (χ1v) is 6.14. The lowest BCUT2D eigenvalue weighted by molar-refractivity contribution is 0.0920. The third kappa shape index (κ3) is 2.29. The molecule has 1 N–H and O–H groups in total. The fourth-order valence-corrected chi connectivity index (χ4v) is 3.25. The molecule has 14 heavy (non-hydrogen) atoms. The van der Waals surface area contributed by atoms with Crippen molar-refractivity contribution in [1.82, 2.24) is 5.32 Å². The highest BCUT2D eigenvalue weighted by Gasteiger charge is 2.32. The first kappa shape index (κ1) is 10.4. The van der Waals surface area contributed by atoms with Gasteiger partial charge in [-0.2, -0.15) is 0 Å². The van der Waals surface area contributed by atoms with Crippen molar-refractivity contribution in [3.05, 3.63) is 0 Å². The first-order valence-electron chi connectivity index (χ1n) is 6.14. The van der Waals surface area contributed by atoms with E-state index in [1.807, 2.05) is 7.11 Å². The SMILES string of the molecule is COCC1CCCNC1C1CCCC1. The topological polar surface area (TPSA) is 21.3 Å². The Morgan fingerprint density at radius 1 is 1.14 bits per heavy atom. The van der Waals surface area contributed by atoms with Crippen LogP contribution in [-0.4, -0.2) is 26.3 Å². The molecule has 0 radical (unpaired) electrons. The second-order valence-corrected chi connectivity index (χ2v) is 4.88. The van der Waals surface area contributed by atoms with Crippen molar-refractivity contribution in [2.75, 3.05) is 20.3 Å². The standard InChI is InChI=1S/C12H23NO/c1-14-9-11-7-4-8-13-12(11)10-5-2-3-6-10/h10-13H,2-9H2,1H3. The zero-order valence-electron chi connectivity index (χ0n) is 9.30. The summed E-state index contributed by atoms with van der Waals surface area (Å²) in [6.07, 6.45) is 8.47. The Bertz CT molecular complexity index is 164. The van der Waals surface area contributed by atoms with Crippen LogP contribution in [0.25, 0.3) is 0 Å². The number of nitrogens with one attached hydrogen (secondary N) is 1. The van der Waals surface area contributed by atoms with Crippen LogP contribution >= 0.6 is 0 Å². The summed E-state index contributed by atoms with van der Waals surface area (Å²) in [6.45, 7) is 2.18. The maximum atomic E-state index is 5.33. The van der Waals surface area contributed by atoms with Crippen LogP contribution in [0.15, 0.2) is 0 Å². The fourth-order valence-electron chi connectivity index (χ4n) is 3.25.